The van der Waals surface area contributed by atoms with Gasteiger partial charge in [0.2, 0.25) is 5.91 Å². The number of amides is 1. The number of nitriles is 1. The molecule has 1 amide bonds. The Morgan fingerprint density at radius 2 is 2.00 bits per heavy atom. The molecule has 1 rings (SSSR count). The lowest BCUT2D eigenvalue weighted by Gasteiger charge is -2.15. The highest BCUT2D eigenvalue weighted by molar-refractivity contribution is 7.91. The summed E-state index contributed by atoms with van der Waals surface area (Å²) in [5, 5.41) is 8.45. The molecule has 5 nitrogen and oxygen atoms in total. The molecule has 0 N–H and O–H groups in total. The first kappa shape index (κ1) is 16.2. The van der Waals surface area contributed by atoms with Crippen LogP contribution >= 0.6 is 0 Å². The van der Waals surface area contributed by atoms with Crippen molar-refractivity contribution in [2.75, 3.05) is 19.3 Å². The molecule has 0 aromatic heterocycles. The van der Waals surface area contributed by atoms with Crippen LogP contribution in [0.5, 0.6) is 0 Å². The Labute approximate surface area is 119 Å². The van der Waals surface area contributed by atoms with E-state index in [1.165, 1.54) is 11.9 Å². The zero-order valence-electron chi connectivity index (χ0n) is 11.7. The van der Waals surface area contributed by atoms with Crippen LogP contribution < -0.4 is 0 Å². The number of sulfone groups is 1. The molecular formula is C14H18N2O3S. The van der Waals surface area contributed by atoms with Crippen LogP contribution in [0.25, 0.3) is 0 Å². The van der Waals surface area contributed by atoms with Crippen LogP contribution in [0.1, 0.15) is 17.5 Å². The highest BCUT2D eigenvalue weighted by atomic mass is 32.2. The molecule has 1 aromatic carbocycles. The van der Waals surface area contributed by atoms with Crippen molar-refractivity contribution >= 4 is 15.7 Å². The highest BCUT2D eigenvalue weighted by Gasteiger charge is 2.20. The second kappa shape index (κ2) is 7.06. The predicted octanol–water partition coefficient (Wildman–Crippen LogP) is 1.28. The average molecular weight is 294 g/mol. The molecule has 0 spiro atoms. The van der Waals surface area contributed by atoms with Gasteiger partial charge in [0.25, 0.3) is 0 Å². The summed E-state index contributed by atoms with van der Waals surface area (Å²) in [5.41, 5.74) is 1.60. The predicted molar refractivity (Wildman–Crippen MR) is 76.5 cm³/mol. The van der Waals surface area contributed by atoms with E-state index in [0.29, 0.717) is 5.56 Å². The van der Waals surface area contributed by atoms with Gasteiger partial charge in [-0.15, -0.1) is 0 Å². The minimum atomic E-state index is -3.50. The van der Waals surface area contributed by atoms with Crippen molar-refractivity contribution in [1.82, 2.24) is 4.90 Å². The molecule has 1 aromatic rings. The van der Waals surface area contributed by atoms with Crippen LogP contribution in [0, 0.1) is 18.3 Å². The number of benzene rings is 1. The van der Waals surface area contributed by atoms with E-state index in [1.807, 2.05) is 25.1 Å². The second-order valence-corrected chi connectivity index (χ2v) is 6.75. The van der Waals surface area contributed by atoms with E-state index in [2.05, 4.69) is 0 Å². The first-order chi connectivity index (χ1) is 9.35. The molecule has 0 bridgehead atoms. The van der Waals surface area contributed by atoms with Crippen molar-refractivity contribution in [2.24, 2.45) is 0 Å². The van der Waals surface area contributed by atoms with Gasteiger partial charge in [0, 0.05) is 13.6 Å². The summed E-state index contributed by atoms with van der Waals surface area (Å²) in [6.07, 6.45) is 0.195. The van der Waals surface area contributed by atoms with Crippen LogP contribution in [0.2, 0.25) is 0 Å². The SMILES string of the molecule is Cc1ccccc1CS(=O)(=O)CC(=O)N(C)CCC#N. The Balaban J connectivity index is 2.69. The summed E-state index contributed by atoms with van der Waals surface area (Å²) < 4.78 is 24.1. The van der Waals surface area contributed by atoms with Gasteiger partial charge in [-0.3, -0.25) is 4.79 Å². The third-order valence-electron chi connectivity index (χ3n) is 2.96. The number of carbonyl (C=O) groups is 1. The van der Waals surface area contributed by atoms with Crippen molar-refractivity contribution < 1.29 is 13.2 Å². The lowest BCUT2D eigenvalue weighted by Crippen LogP contribution is -2.33. The molecule has 0 radical (unpaired) electrons. The Bertz CT molecular complexity index is 618. The summed E-state index contributed by atoms with van der Waals surface area (Å²) in [5.74, 6) is -1.14. The van der Waals surface area contributed by atoms with Gasteiger partial charge < -0.3 is 4.90 Å². The van der Waals surface area contributed by atoms with E-state index >= 15 is 0 Å². The summed E-state index contributed by atoms with van der Waals surface area (Å²) in [6.45, 7) is 2.08. The molecule has 0 aliphatic rings. The molecular weight excluding hydrogens is 276 g/mol. The van der Waals surface area contributed by atoms with Crippen LogP contribution in [0.15, 0.2) is 24.3 Å². The van der Waals surface area contributed by atoms with Crippen LogP contribution in [-0.4, -0.2) is 38.6 Å². The number of hydrogen-bond acceptors (Lipinski definition) is 4. The highest BCUT2D eigenvalue weighted by Crippen LogP contribution is 2.12. The van der Waals surface area contributed by atoms with Crippen LogP contribution in [-0.2, 0) is 20.4 Å². The fourth-order valence-corrected chi connectivity index (χ4v) is 3.20. The van der Waals surface area contributed by atoms with E-state index in [9.17, 15) is 13.2 Å². The van der Waals surface area contributed by atoms with Crippen LogP contribution in [0.4, 0.5) is 0 Å². The summed E-state index contributed by atoms with van der Waals surface area (Å²) in [7, 11) is -2.00. The van der Waals surface area contributed by atoms with Crippen molar-refractivity contribution in [3.8, 4) is 6.07 Å². The van der Waals surface area contributed by atoms with Gasteiger partial charge in [0.15, 0.2) is 9.84 Å². The van der Waals surface area contributed by atoms with E-state index < -0.39 is 21.5 Å². The zero-order valence-corrected chi connectivity index (χ0v) is 12.5. The second-order valence-electron chi connectivity index (χ2n) is 4.68. The van der Waals surface area contributed by atoms with Crippen molar-refractivity contribution in [1.29, 1.82) is 5.26 Å². The largest absolute Gasteiger partial charge is 0.344 e. The van der Waals surface area contributed by atoms with Gasteiger partial charge in [0.05, 0.1) is 18.2 Å². The zero-order chi connectivity index (χ0) is 15.2. The van der Waals surface area contributed by atoms with Crippen molar-refractivity contribution in [3.05, 3.63) is 35.4 Å². The molecule has 0 aliphatic heterocycles. The fraction of sp³-hybridized carbons (Fsp3) is 0.429. The van der Waals surface area contributed by atoms with Gasteiger partial charge in [-0.05, 0) is 18.1 Å². The lowest BCUT2D eigenvalue weighted by molar-refractivity contribution is -0.127. The molecule has 0 heterocycles. The minimum Gasteiger partial charge on any atom is -0.344 e. The maximum Gasteiger partial charge on any atom is 0.237 e. The average Bonchev–Trinajstić information content (AvgIpc) is 2.37. The number of hydrogen-bond donors (Lipinski definition) is 0. The number of rotatable bonds is 6. The number of nitrogens with zero attached hydrogens (tertiary/aromatic N) is 2. The van der Waals surface area contributed by atoms with Gasteiger partial charge >= 0.3 is 0 Å². The minimum absolute atomic E-state index is 0.141. The standard InChI is InChI=1S/C14H18N2O3S/c1-12-6-3-4-7-13(12)10-20(18,19)11-14(17)16(2)9-5-8-15/h3-4,6-7H,5,9-11H2,1-2H3. The summed E-state index contributed by atoms with van der Waals surface area (Å²) in [6, 6.07) is 9.12. The molecule has 0 unspecified atom stereocenters. The quantitative estimate of drug-likeness (QED) is 0.792. The van der Waals surface area contributed by atoms with Gasteiger partial charge in [-0.25, -0.2) is 8.42 Å². The summed E-state index contributed by atoms with van der Waals surface area (Å²) >= 11 is 0. The first-order valence-corrected chi connectivity index (χ1v) is 8.03. The molecule has 0 atom stereocenters. The molecule has 0 fully saturated rings. The van der Waals surface area contributed by atoms with Crippen molar-refractivity contribution in [2.45, 2.75) is 19.1 Å². The number of carbonyl (C=O) groups excluding carboxylic acids is 1. The molecule has 0 saturated heterocycles. The van der Waals surface area contributed by atoms with E-state index in [4.69, 9.17) is 5.26 Å². The van der Waals surface area contributed by atoms with Gasteiger partial charge in [-0.1, -0.05) is 24.3 Å². The maximum absolute atomic E-state index is 12.0. The van der Waals surface area contributed by atoms with Crippen LogP contribution in [0.3, 0.4) is 0 Å². The molecule has 0 aliphatic carbocycles. The topological polar surface area (TPSA) is 78.2 Å². The molecule has 0 saturated carbocycles. The smallest absolute Gasteiger partial charge is 0.237 e. The fourth-order valence-electron chi connectivity index (χ4n) is 1.70. The van der Waals surface area contributed by atoms with Crippen molar-refractivity contribution in [3.63, 3.8) is 0 Å². The lowest BCUT2D eigenvalue weighted by atomic mass is 10.1. The Hall–Kier alpha value is -1.87. The molecule has 6 heteroatoms. The van der Waals surface area contributed by atoms with E-state index in [0.717, 1.165) is 5.56 Å². The Kier molecular flexibility index (Phi) is 5.71. The Morgan fingerprint density at radius 3 is 2.60 bits per heavy atom. The van der Waals surface area contributed by atoms with E-state index in [1.54, 1.807) is 12.1 Å². The monoisotopic (exact) mass is 294 g/mol. The molecule has 108 valence electrons. The third kappa shape index (κ3) is 5.02. The molecule has 20 heavy (non-hydrogen) atoms. The summed E-state index contributed by atoms with van der Waals surface area (Å²) in [4.78, 5) is 13.1. The number of aryl methyl sites for hydroxylation is 1. The first-order valence-electron chi connectivity index (χ1n) is 6.21. The third-order valence-corrected chi connectivity index (χ3v) is 4.40. The van der Waals surface area contributed by atoms with Gasteiger partial charge in [-0.2, -0.15) is 5.26 Å². The maximum atomic E-state index is 12.0. The normalized spacial score (nSPS) is 10.8. The van der Waals surface area contributed by atoms with E-state index in [-0.39, 0.29) is 18.7 Å². The Morgan fingerprint density at radius 1 is 1.35 bits per heavy atom. The van der Waals surface area contributed by atoms with Gasteiger partial charge in [0.1, 0.15) is 5.75 Å².